The van der Waals surface area contributed by atoms with E-state index in [9.17, 15) is 9.59 Å². The zero-order valence-electron chi connectivity index (χ0n) is 11.4. The molecule has 0 unspecified atom stereocenters. The van der Waals surface area contributed by atoms with Crippen molar-refractivity contribution in [1.29, 1.82) is 0 Å². The van der Waals surface area contributed by atoms with Gasteiger partial charge in [-0.2, -0.15) is 0 Å². The second kappa shape index (κ2) is 10.4. The molecule has 114 valence electrons. The molecule has 0 aromatic heterocycles. The van der Waals surface area contributed by atoms with Crippen molar-refractivity contribution in [2.24, 2.45) is 0 Å². The number of benzene rings is 2. The number of nitrogen functional groups attached to an aromatic ring is 2. The molecule has 22 heavy (non-hydrogen) atoms. The van der Waals surface area contributed by atoms with Crippen LogP contribution in [-0.2, 0) is 27.5 Å². The van der Waals surface area contributed by atoms with Crippen molar-refractivity contribution in [1.82, 2.24) is 0 Å². The Labute approximate surface area is 141 Å². The van der Waals surface area contributed by atoms with Gasteiger partial charge in [0, 0.05) is 11.4 Å². The third-order valence-electron chi connectivity index (χ3n) is 2.32. The van der Waals surface area contributed by atoms with Gasteiger partial charge in [0.15, 0.2) is 0 Å². The molecule has 0 saturated carbocycles. The Bertz CT molecular complexity index is 559. The van der Waals surface area contributed by atoms with E-state index in [-0.39, 0.29) is 11.1 Å². The van der Waals surface area contributed by atoms with Gasteiger partial charge in [-0.05, 0) is 48.5 Å². The third-order valence-corrected chi connectivity index (χ3v) is 2.32. The Morgan fingerprint density at radius 1 is 0.682 bits per heavy atom. The summed E-state index contributed by atoms with van der Waals surface area (Å²) in [6.07, 6.45) is 0. The molecule has 2 aromatic rings. The molecule has 0 saturated heterocycles. The Balaban J connectivity index is 0.000000360. The molecule has 6 N–H and O–H groups in total. The Morgan fingerprint density at radius 3 is 1.09 bits per heavy atom. The first-order chi connectivity index (χ1) is 10.4. The molecule has 8 heteroatoms. The van der Waals surface area contributed by atoms with E-state index in [1.54, 1.807) is 24.3 Å². The maximum atomic E-state index is 10.3. The summed E-state index contributed by atoms with van der Waals surface area (Å²) in [5, 5.41) is 16.9. The summed E-state index contributed by atoms with van der Waals surface area (Å²) >= 11 is 0.300. The van der Waals surface area contributed by atoms with Crippen LogP contribution in [-0.4, -0.2) is 22.2 Å². The molecule has 2 rings (SSSR count). The molecular formula is C14H14N2O5Zr. The Hall–Kier alpha value is -2.34. The van der Waals surface area contributed by atoms with Gasteiger partial charge in [-0.1, -0.05) is 0 Å². The average molecular weight is 381 g/mol. The van der Waals surface area contributed by atoms with E-state index in [1.807, 2.05) is 0 Å². The fraction of sp³-hybridized carbons (Fsp3) is 0. The number of carboxylic acids is 2. The van der Waals surface area contributed by atoms with E-state index in [0.29, 0.717) is 36.1 Å². The molecule has 7 nitrogen and oxygen atoms in total. The first-order valence-corrected chi connectivity index (χ1v) is 6.78. The van der Waals surface area contributed by atoms with Gasteiger partial charge in [0.25, 0.3) is 0 Å². The minimum absolute atomic E-state index is 0.259. The van der Waals surface area contributed by atoms with Crippen molar-refractivity contribution in [3.63, 3.8) is 0 Å². The molecule has 0 radical (unpaired) electrons. The summed E-state index contributed by atoms with van der Waals surface area (Å²) in [4.78, 5) is 20.5. The molecule has 0 aliphatic heterocycles. The van der Waals surface area contributed by atoms with E-state index in [1.165, 1.54) is 24.3 Å². The van der Waals surface area contributed by atoms with E-state index < -0.39 is 11.9 Å². The summed E-state index contributed by atoms with van der Waals surface area (Å²) in [6, 6.07) is 12.1. The predicted molar refractivity (Wildman–Crippen MR) is 76.3 cm³/mol. The molecular weight excluding hydrogens is 367 g/mol. The van der Waals surface area contributed by atoms with Crippen LogP contribution in [0.3, 0.4) is 0 Å². The van der Waals surface area contributed by atoms with E-state index in [0.717, 1.165) is 0 Å². The zero-order valence-corrected chi connectivity index (χ0v) is 13.9. The number of hydrogen-bond donors (Lipinski definition) is 4. The number of rotatable bonds is 2. The predicted octanol–water partition coefficient (Wildman–Crippen LogP) is 1.81. The summed E-state index contributed by atoms with van der Waals surface area (Å²) in [7, 11) is 0. The first kappa shape index (κ1) is 19.7. The van der Waals surface area contributed by atoms with Crippen molar-refractivity contribution in [3.8, 4) is 0 Å². The third kappa shape index (κ3) is 7.45. The molecule has 0 aliphatic rings. The van der Waals surface area contributed by atoms with Gasteiger partial charge in [0.1, 0.15) is 0 Å². The first-order valence-electron chi connectivity index (χ1n) is 5.78. The van der Waals surface area contributed by atoms with Gasteiger partial charge in [0.2, 0.25) is 0 Å². The van der Waals surface area contributed by atoms with Crippen molar-refractivity contribution in [2.45, 2.75) is 0 Å². The van der Waals surface area contributed by atoms with Gasteiger partial charge in [0.05, 0.1) is 11.1 Å². The molecule has 0 bridgehead atoms. The van der Waals surface area contributed by atoms with Crippen molar-refractivity contribution in [3.05, 3.63) is 59.7 Å². The Morgan fingerprint density at radius 2 is 0.909 bits per heavy atom. The number of carboxylic acid groups (broad SMARTS) is 2. The van der Waals surface area contributed by atoms with E-state index in [2.05, 4.69) is 0 Å². The molecule has 0 aliphatic carbocycles. The standard InChI is InChI=1S/2C7H7NO2.O.Zr/c2*8-6-3-1-5(2-4-6)7(9)10;;/h2*1-4H,8H2,(H,9,10);;. The molecule has 0 atom stereocenters. The normalized spacial score (nSPS) is 8.50. The Kier molecular flexibility index (Phi) is 9.29. The van der Waals surface area contributed by atoms with Crippen LogP contribution in [0.2, 0.25) is 0 Å². The fourth-order valence-corrected chi connectivity index (χ4v) is 1.25. The number of hydrogen-bond acceptors (Lipinski definition) is 5. The number of aromatic carboxylic acids is 2. The molecule has 0 fully saturated rings. The van der Waals surface area contributed by atoms with Crippen molar-refractivity contribution in [2.75, 3.05) is 11.5 Å². The monoisotopic (exact) mass is 380 g/mol. The van der Waals surface area contributed by atoms with Crippen LogP contribution in [0, 0.1) is 0 Å². The molecule has 2 aromatic carbocycles. The van der Waals surface area contributed by atoms with Crippen LogP contribution < -0.4 is 11.5 Å². The van der Waals surface area contributed by atoms with Crippen LogP contribution in [0.4, 0.5) is 11.4 Å². The number of carbonyl (C=O) groups is 2. The summed E-state index contributed by atoms with van der Waals surface area (Å²) in [5.74, 6) is -1.86. The van der Waals surface area contributed by atoms with Gasteiger partial charge in [-0.15, -0.1) is 0 Å². The second-order valence-corrected chi connectivity index (χ2v) is 3.85. The maximum absolute atomic E-state index is 10.3. The number of nitrogens with two attached hydrogens (primary N) is 2. The van der Waals surface area contributed by atoms with Gasteiger partial charge in [-0.3, -0.25) is 0 Å². The quantitative estimate of drug-likeness (QED) is 0.581. The average Bonchev–Trinajstić information content (AvgIpc) is 2.51. The molecule has 0 spiro atoms. The second-order valence-electron chi connectivity index (χ2n) is 3.85. The van der Waals surface area contributed by atoms with Crippen molar-refractivity contribution < 1.29 is 47.3 Å². The number of anilines is 2. The summed E-state index contributed by atoms with van der Waals surface area (Å²) in [5.41, 5.74) is 12.3. The van der Waals surface area contributed by atoms with Crippen LogP contribution in [0.1, 0.15) is 20.7 Å². The van der Waals surface area contributed by atoms with E-state index >= 15 is 0 Å². The van der Waals surface area contributed by atoms with Crippen LogP contribution in [0.15, 0.2) is 48.5 Å². The van der Waals surface area contributed by atoms with Crippen LogP contribution in [0.25, 0.3) is 0 Å². The molecule has 0 heterocycles. The van der Waals surface area contributed by atoms with Crippen LogP contribution >= 0.6 is 0 Å². The topological polar surface area (TPSA) is 144 Å². The van der Waals surface area contributed by atoms with Gasteiger partial charge in [-0.25, -0.2) is 9.59 Å². The summed E-state index contributed by atoms with van der Waals surface area (Å²) < 4.78 is 8.34. The van der Waals surface area contributed by atoms with Crippen molar-refractivity contribution >= 4 is 23.3 Å². The fourth-order valence-electron chi connectivity index (χ4n) is 1.25. The van der Waals surface area contributed by atoms with Gasteiger partial charge < -0.3 is 21.7 Å². The molecule has 0 amide bonds. The minimum atomic E-state index is -0.931. The SMILES string of the molecule is Nc1ccc(C(=O)O)cc1.Nc1ccc(C(=O)O)cc1.[O]=[Zr]. The summed E-state index contributed by atoms with van der Waals surface area (Å²) in [6.45, 7) is 0. The van der Waals surface area contributed by atoms with E-state index in [4.69, 9.17) is 24.5 Å². The van der Waals surface area contributed by atoms with Gasteiger partial charge >= 0.3 is 39.5 Å². The van der Waals surface area contributed by atoms with Crippen LogP contribution in [0.5, 0.6) is 0 Å². The zero-order chi connectivity index (χ0) is 17.1.